The van der Waals surface area contributed by atoms with Gasteiger partial charge in [-0.25, -0.2) is 0 Å². The number of esters is 1. The van der Waals surface area contributed by atoms with Crippen molar-refractivity contribution < 1.29 is 19.1 Å². The van der Waals surface area contributed by atoms with Gasteiger partial charge in [-0.05, 0) is 43.2 Å². The van der Waals surface area contributed by atoms with Crippen LogP contribution in [0.4, 0.5) is 5.69 Å². The van der Waals surface area contributed by atoms with Crippen LogP contribution in [0.2, 0.25) is 5.02 Å². The van der Waals surface area contributed by atoms with Crippen molar-refractivity contribution in [2.24, 2.45) is 0 Å². The summed E-state index contributed by atoms with van der Waals surface area (Å²) in [7, 11) is 1.52. The van der Waals surface area contributed by atoms with Gasteiger partial charge in [0.2, 0.25) is 0 Å². The maximum absolute atomic E-state index is 12.3. The monoisotopic (exact) mass is 361 g/mol. The van der Waals surface area contributed by atoms with Crippen LogP contribution in [0.5, 0.6) is 5.75 Å². The molecule has 0 unspecified atom stereocenters. The van der Waals surface area contributed by atoms with Crippen molar-refractivity contribution in [1.82, 2.24) is 0 Å². The summed E-state index contributed by atoms with van der Waals surface area (Å²) >= 11 is 6.02. The molecule has 2 rings (SSSR count). The van der Waals surface area contributed by atoms with Crippen molar-refractivity contribution in [3.63, 3.8) is 0 Å². The lowest BCUT2D eigenvalue weighted by molar-refractivity contribution is -0.152. The summed E-state index contributed by atoms with van der Waals surface area (Å²) in [6, 6.07) is 12.4. The molecule has 0 aliphatic heterocycles. The number of anilines is 1. The molecule has 132 valence electrons. The summed E-state index contributed by atoms with van der Waals surface area (Å²) in [4.78, 5) is 24.3. The molecule has 1 atom stereocenters. The van der Waals surface area contributed by atoms with Crippen LogP contribution < -0.4 is 10.1 Å². The first-order valence-corrected chi connectivity index (χ1v) is 8.17. The van der Waals surface area contributed by atoms with Crippen molar-refractivity contribution in [2.75, 3.05) is 12.4 Å². The fourth-order valence-electron chi connectivity index (χ4n) is 2.24. The van der Waals surface area contributed by atoms with E-state index in [1.165, 1.54) is 14.0 Å². The lowest BCUT2D eigenvalue weighted by Crippen LogP contribution is -2.30. The van der Waals surface area contributed by atoms with E-state index in [9.17, 15) is 9.59 Å². The third-order valence-electron chi connectivity index (χ3n) is 3.58. The van der Waals surface area contributed by atoms with Gasteiger partial charge in [0, 0.05) is 5.02 Å². The summed E-state index contributed by atoms with van der Waals surface area (Å²) in [5.74, 6) is -0.420. The van der Waals surface area contributed by atoms with E-state index >= 15 is 0 Å². The minimum Gasteiger partial charge on any atom is -0.495 e. The normalized spacial score (nSPS) is 11.5. The highest BCUT2D eigenvalue weighted by atomic mass is 35.5. The molecule has 1 amide bonds. The number of nitrogens with one attached hydrogen (secondary N) is 1. The lowest BCUT2D eigenvalue weighted by Gasteiger charge is -2.16. The fourth-order valence-corrected chi connectivity index (χ4v) is 2.45. The molecule has 2 aromatic rings. The molecule has 0 aromatic heterocycles. The first kappa shape index (κ1) is 18.8. The number of benzene rings is 2. The Hall–Kier alpha value is -2.53. The predicted octanol–water partition coefficient (Wildman–Crippen LogP) is 3.77. The van der Waals surface area contributed by atoms with E-state index in [1.807, 2.05) is 13.0 Å². The molecule has 0 saturated heterocycles. The van der Waals surface area contributed by atoms with Gasteiger partial charge in [-0.2, -0.15) is 0 Å². The summed E-state index contributed by atoms with van der Waals surface area (Å²) in [5, 5.41) is 3.20. The first-order valence-electron chi connectivity index (χ1n) is 7.79. The highest BCUT2D eigenvalue weighted by Gasteiger charge is 2.20. The molecule has 0 bridgehead atoms. The first-order chi connectivity index (χ1) is 11.9. The Kier molecular flexibility index (Phi) is 6.42. The largest absolute Gasteiger partial charge is 0.495 e. The quantitative estimate of drug-likeness (QED) is 0.795. The smallest absolute Gasteiger partial charge is 0.311 e. The summed E-state index contributed by atoms with van der Waals surface area (Å²) < 4.78 is 10.4. The second kappa shape index (κ2) is 8.53. The van der Waals surface area contributed by atoms with E-state index < -0.39 is 18.0 Å². The summed E-state index contributed by atoms with van der Waals surface area (Å²) in [6.07, 6.45) is -0.939. The van der Waals surface area contributed by atoms with E-state index in [0.717, 1.165) is 5.56 Å². The van der Waals surface area contributed by atoms with Crippen molar-refractivity contribution >= 4 is 29.2 Å². The topological polar surface area (TPSA) is 64.6 Å². The zero-order valence-electron chi connectivity index (χ0n) is 14.3. The molecule has 25 heavy (non-hydrogen) atoms. The molecular formula is C19H20ClNO4. The SMILES string of the molecule is COc1ccc(C)cc1NC(=O)[C@H](C)OC(=O)Cc1ccccc1Cl. The maximum atomic E-state index is 12.3. The molecule has 0 saturated carbocycles. The van der Waals surface area contributed by atoms with Crippen LogP contribution in [-0.4, -0.2) is 25.1 Å². The number of carbonyl (C=O) groups excluding carboxylic acids is 2. The van der Waals surface area contributed by atoms with Gasteiger partial charge in [0.15, 0.2) is 6.10 Å². The number of methoxy groups -OCH3 is 1. The number of halogens is 1. The van der Waals surface area contributed by atoms with Gasteiger partial charge in [0.25, 0.3) is 5.91 Å². The highest BCUT2D eigenvalue weighted by Crippen LogP contribution is 2.25. The van der Waals surface area contributed by atoms with E-state index in [2.05, 4.69) is 5.32 Å². The molecule has 0 heterocycles. The molecular weight excluding hydrogens is 342 g/mol. The minimum atomic E-state index is -0.944. The molecule has 6 heteroatoms. The molecule has 1 N–H and O–H groups in total. The predicted molar refractivity (Wildman–Crippen MR) is 97.1 cm³/mol. The Morgan fingerprint density at radius 1 is 1.20 bits per heavy atom. The Balaban J connectivity index is 1.97. The molecule has 0 fully saturated rings. The van der Waals surface area contributed by atoms with Gasteiger partial charge in [0.05, 0.1) is 19.2 Å². The van der Waals surface area contributed by atoms with Crippen LogP contribution in [0.15, 0.2) is 42.5 Å². The van der Waals surface area contributed by atoms with Gasteiger partial charge in [-0.1, -0.05) is 35.9 Å². The molecule has 0 spiro atoms. The Morgan fingerprint density at radius 2 is 1.92 bits per heavy atom. The van der Waals surface area contributed by atoms with Crippen LogP contribution in [0.3, 0.4) is 0 Å². The van der Waals surface area contributed by atoms with Gasteiger partial charge in [0.1, 0.15) is 5.75 Å². The third kappa shape index (κ3) is 5.22. The standard InChI is InChI=1S/C19H20ClNO4/c1-12-8-9-17(24-3)16(10-12)21-19(23)13(2)25-18(22)11-14-6-4-5-7-15(14)20/h4-10,13H,11H2,1-3H3,(H,21,23)/t13-/m0/s1. The Morgan fingerprint density at radius 3 is 2.60 bits per heavy atom. The van der Waals surface area contributed by atoms with Crippen molar-refractivity contribution in [2.45, 2.75) is 26.4 Å². The van der Waals surface area contributed by atoms with Gasteiger partial charge < -0.3 is 14.8 Å². The van der Waals surface area contributed by atoms with Gasteiger partial charge in [-0.15, -0.1) is 0 Å². The van der Waals surface area contributed by atoms with E-state index in [4.69, 9.17) is 21.1 Å². The average molecular weight is 362 g/mol. The number of hydrogen-bond donors (Lipinski definition) is 1. The number of rotatable bonds is 6. The highest BCUT2D eigenvalue weighted by molar-refractivity contribution is 6.31. The van der Waals surface area contributed by atoms with E-state index in [0.29, 0.717) is 22.0 Å². The number of aryl methyl sites for hydroxylation is 1. The molecule has 0 aliphatic carbocycles. The Labute approximate surface area is 151 Å². The summed E-state index contributed by atoms with van der Waals surface area (Å²) in [6.45, 7) is 3.42. The lowest BCUT2D eigenvalue weighted by atomic mass is 10.1. The molecule has 5 nitrogen and oxygen atoms in total. The van der Waals surface area contributed by atoms with Crippen molar-refractivity contribution in [3.8, 4) is 5.75 Å². The van der Waals surface area contributed by atoms with E-state index in [1.54, 1.807) is 36.4 Å². The zero-order valence-corrected chi connectivity index (χ0v) is 15.1. The number of hydrogen-bond acceptors (Lipinski definition) is 4. The van der Waals surface area contributed by atoms with Crippen molar-refractivity contribution in [1.29, 1.82) is 0 Å². The summed E-state index contributed by atoms with van der Waals surface area (Å²) in [5.41, 5.74) is 2.16. The number of amides is 1. The van der Waals surface area contributed by atoms with Crippen molar-refractivity contribution in [3.05, 3.63) is 58.6 Å². The zero-order chi connectivity index (χ0) is 18.4. The second-order valence-electron chi connectivity index (χ2n) is 5.59. The maximum Gasteiger partial charge on any atom is 0.311 e. The van der Waals surface area contributed by atoms with Crippen LogP contribution in [-0.2, 0) is 20.7 Å². The Bertz CT molecular complexity index is 776. The van der Waals surface area contributed by atoms with Crippen LogP contribution in [0.1, 0.15) is 18.1 Å². The molecule has 2 aromatic carbocycles. The number of ether oxygens (including phenoxy) is 2. The minimum absolute atomic E-state index is 0.00502. The van der Waals surface area contributed by atoms with E-state index in [-0.39, 0.29) is 6.42 Å². The second-order valence-corrected chi connectivity index (χ2v) is 6.00. The van der Waals surface area contributed by atoms with Crippen LogP contribution >= 0.6 is 11.6 Å². The molecule has 0 aliphatic rings. The number of carbonyl (C=O) groups is 2. The fraction of sp³-hybridized carbons (Fsp3) is 0.263. The molecule has 0 radical (unpaired) electrons. The van der Waals surface area contributed by atoms with Gasteiger partial charge in [-0.3, -0.25) is 9.59 Å². The van der Waals surface area contributed by atoms with Crippen LogP contribution in [0, 0.1) is 6.92 Å². The average Bonchev–Trinajstić information content (AvgIpc) is 2.57. The third-order valence-corrected chi connectivity index (χ3v) is 3.95. The van der Waals surface area contributed by atoms with Crippen LogP contribution in [0.25, 0.3) is 0 Å². The van der Waals surface area contributed by atoms with Gasteiger partial charge >= 0.3 is 5.97 Å².